The average Bonchev–Trinajstić information content (AvgIpc) is 2.99. The van der Waals surface area contributed by atoms with E-state index in [1.54, 1.807) is 6.20 Å². The molecule has 2 aromatic rings. The Bertz CT molecular complexity index is 662. The summed E-state index contributed by atoms with van der Waals surface area (Å²) in [6.45, 7) is 8.36. The Labute approximate surface area is 142 Å². The highest BCUT2D eigenvalue weighted by Gasteiger charge is 2.12. The second-order valence-electron chi connectivity index (χ2n) is 5.74. The molecule has 0 aliphatic carbocycles. The number of carbonyl (C=O) groups excluding carboxylic acids is 1. The Morgan fingerprint density at radius 2 is 2.04 bits per heavy atom. The third-order valence-electron chi connectivity index (χ3n) is 3.90. The fourth-order valence-electron chi connectivity index (χ4n) is 2.55. The van der Waals surface area contributed by atoms with Gasteiger partial charge in [0.2, 0.25) is 5.91 Å². The molecule has 23 heavy (non-hydrogen) atoms. The molecule has 124 valence electrons. The number of aromatic nitrogens is 2. The maximum absolute atomic E-state index is 12.1. The molecule has 4 nitrogen and oxygen atoms in total. The summed E-state index contributed by atoms with van der Waals surface area (Å²) in [5.74, 6) is 0.456. The zero-order valence-corrected chi connectivity index (χ0v) is 15.1. The molecule has 0 unspecified atom stereocenters. The molecule has 2 rings (SSSR count). The molecule has 1 amide bonds. The van der Waals surface area contributed by atoms with Gasteiger partial charge < -0.3 is 5.32 Å². The van der Waals surface area contributed by atoms with E-state index in [2.05, 4.69) is 56.2 Å². The highest BCUT2D eigenvalue weighted by molar-refractivity contribution is 7.99. The summed E-state index contributed by atoms with van der Waals surface area (Å²) in [5, 5.41) is 3.90. The smallest absolute Gasteiger partial charge is 0.230 e. The fraction of sp³-hybridized carbons (Fsp3) is 0.444. The summed E-state index contributed by atoms with van der Waals surface area (Å²) in [6, 6.07) is 6.61. The number of hydrogen-bond acceptors (Lipinski definition) is 3. The van der Waals surface area contributed by atoms with Gasteiger partial charge in [-0.25, -0.2) is 4.98 Å². The summed E-state index contributed by atoms with van der Waals surface area (Å²) >= 11 is 1.47. The Morgan fingerprint density at radius 3 is 2.70 bits per heavy atom. The van der Waals surface area contributed by atoms with Crippen molar-refractivity contribution in [2.24, 2.45) is 0 Å². The number of imidazole rings is 1. The van der Waals surface area contributed by atoms with E-state index in [-0.39, 0.29) is 11.9 Å². The van der Waals surface area contributed by atoms with Gasteiger partial charge in [0.1, 0.15) is 0 Å². The molecule has 0 atom stereocenters. The van der Waals surface area contributed by atoms with E-state index in [4.69, 9.17) is 0 Å². The van der Waals surface area contributed by atoms with Crippen molar-refractivity contribution in [3.8, 4) is 5.69 Å². The molecular weight excluding hydrogens is 306 g/mol. The van der Waals surface area contributed by atoms with Crippen molar-refractivity contribution in [1.29, 1.82) is 0 Å². The monoisotopic (exact) mass is 331 g/mol. The van der Waals surface area contributed by atoms with Gasteiger partial charge in [-0.1, -0.05) is 43.3 Å². The van der Waals surface area contributed by atoms with Crippen molar-refractivity contribution in [2.45, 2.75) is 51.7 Å². The van der Waals surface area contributed by atoms with Crippen LogP contribution in [0, 0.1) is 13.8 Å². The van der Waals surface area contributed by atoms with E-state index in [1.807, 2.05) is 10.8 Å². The lowest BCUT2D eigenvalue weighted by molar-refractivity contribution is -0.119. The lowest BCUT2D eigenvalue weighted by atomic mass is 10.1. The van der Waals surface area contributed by atoms with Crippen LogP contribution in [0.25, 0.3) is 5.69 Å². The van der Waals surface area contributed by atoms with Gasteiger partial charge in [-0.2, -0.15) is 0 Å². The normalized spacial score (nSPS) is 11.0. The number of rotatable bonds is 7. The van der Waals surface area contributed by atoms with Crippen LogP contribution < -0.4 is 5.32 Å². The number of carbonyl (C=O) groups is 1. The minimum absolute atomic E-state index is 0.0684. The molecule has 0 aliphatic rings. The molecule has 0 fully saturated rings. The predicted molar refractivity (Wildman–Crippen MR) is 96.3 cm³/mol. The molecule has 0 bridgehead atoms. The molecule has 0 spiro atoms. The van der Waals surface area contributed by atoms with Gasteiger partial charge in [0, 0.05) is 18.4 Å². The molecule has 1 aromatic heterocycles. The molecule has 1 heterocycles. The van der Waals surface area contributed by atoms with Crippen molar-refractivity contribution >= 4 is 17.7 Å². The Hall–Kier alpha value is -1.75. The molecule has 1 N–H and O–H groups in total. The number of nitrogens with one attached hydrogen (secondary N) is 1. The van der Waals surface area contributed by atoms with E-state index >= 15 is 0 Å². The fourth-order valence-corrected chi connectivity index (χ4v) is 3.33. The number of benzene rings is 1. The second-order valence-corrected chi connectivity index (χ2v) is 6.68. The summed E-state index contributed by atoms with van der Waals surface area (Å²) in [6.07, 6.45) is 5.65. The minimum atomic E-state index is 0.0684. The van der Waals surface area contributed by atoms with Crippen molar-refractivity contribution in [3.05, 3.63) is 41.7 Å². The van der Waals surface area contributed by atoms with Crippen LogP contribution in [0.3, 0.4) is 0 Å². The summed E-state index contributed by atoms with van der Waals surface area (Å²) < 4.78 is 2.05. The first-order chi connectivity index (χ1) is 11.0. The third kappa shape index (κ3) is 4.61. The highest BCUT2D eigenvalue weighted by Crippen LogP contribution is 2.23. The Kier molecular flexibility index (Phi) is 6.28. The predicted octanol–water partition coefficient (Wildman–Crippen LogP) is 3.89. The van der Waals surface area contributed by atoms with Gasteiger partial charge >= 0.3 is 0 Å². The number of thioether (sulfide) groups is 1. The molecule has 0 radical (unpaired) electrons. The standard InChI is InChI=1S/C18H25N3OS/c1-5-15(6-2)20-17(22)12-23-18-19-9-10-21(18)16-8-7-13(3)11-14(16)4/h7-11,15H,5-6,12H2,1-4H3,(H,20,22). The number of aryl methyl sites for hydroxylation is 2. The van der Waals surface area contributed by atoms with Gasteiger partial charge in [-0.3, -0.25) is 9.36 Å². The van der Waals surface area contributed by atoms with E-state index < -0.39 is 0 Å². The van der Waals surface area contributed by atoms with Gasteiger partial charge in [0.25, 0.3) is 0 Å². The van der Waals surface area contributed by atoms with Crippen LogP contribution in [-0.2, 0) is 4.79 Å². The zero-order chi connectivity index (χ0) is 16.8. The number of hydrogen-bond donors (Lipinski definition) is 1. The van der Waals surface area contributed by atoms with Crippen LogP contribution in [-0.4, -0.2) is 27.3 Å². The first kappa shape index (κ1) is 17.6. The van der Waals surface area contributed by atoms with Crippen LogP contribution in [0.15, 0.2) is 35.7 Å². The van der Waals surface area contributed by atoms with Crippen molar-refractivity contribution in [1.82, 2.24) is 14.9 Å². The van der Waals surface area contributed by atoms with Crippen LogP contribution in [0.2, 0.25) is 0 Å². The summed E-state index contributed by atoms with van der Waals surface area (Å²) in [5.41, 5.74) is 3.55. The van der Waals surface area contributed by atoms with Gasteiger partial charge in [0.15, 0.2) is 5.16 Å². The largest absolute Gasteiger partial charge is 0.353 e. The van der Waals surface area contributed by atoms with Crippen molar-refractivity contribution in [2.75, 3.05) is 5.75 Å². The molecule has 5 heteroatoms. The SMILES string of the molecule is CCC(CC)NC(=O)CSc1nccn1-c1ccc(C)cc1C. The topological polar surface area (TPSA) is 46.9 Å². The molecular formula is C18H25N3OS. The molecule has 1 aromatic carbocycles. The van der Waals surface area contributed by atoms with Crippen molar-refractivity contribution in [3.63, 3.8) is 0 Å². The zero-order valence-electron chi connectivity index (χ0n) is 14.3. The Balaban J connectivity index is 2.05. The lowest BCUT2D eigenvalue weighted by Gasteiger charge is -2.15. The lowest BCUT2D eigenvalue weighted by Crippen LogP contribution is -2.35. The number of amides is 1. The first-order valence-electron chi connectivity index (χ1n) is 8.08. The summed E-state index contributed by atoms with van der Waals surface area (Å²) in [4.78, 5) is 16.5. The molecule has 0 saturated heterocycles. The third-order valence-corrected chi connectivity index (χ3v) is 4.87. The van der Waals surface area contributed by atoms with E-state index in [1.165, 1.54) is 22.9 Å². The second kappa shape index (κ2) is 8.20. The highest BCUT2D eigenvalue weighted by atomic mass is 32.2. The van der Waals surface area contributed by atoms with E-state index in [0.29, 0.717) is 5.75 Å². The van der Waals surface area contributed by atoms with Gasteiger partial charge in [-0.15, -0.1) is 0 Å². The van der Waals surface area contributed by atoms with E-state index in [0.717, 1.165) is 23.7 Å². The quantitative estimate of drug-likeness (QED) is 0.783. The average molecular weight is 331 g/mol. The summed E-state index contributed by atoms with van der Waals surface area (Å²) in [7, 11) is 0. The van der Waals surface area contributed by atoms with Crippen molar-refractivity contribution < 1.29 is 4.79 Å². The van der Waals surface area contributed by atoms with Crippen LogP contribution in [0.1, 0.15) is 37.8 Å². The maximum atomic E-state index is 12.1. The first-order valence-corrected chi connectivity index (χ1v) is 9.06. The maximum Gasteiger partial charge on any atom is 0.230 e. The molecule has 0 saturated carbocycles. The van der Waals surface area contributed by atoms with Crippen LogP contribution >= 0.6 is 11.8 Å². The molecule has 0 aliphatic heterocycles. The van der Waals surface area contributed by atoms with Crippen LogP contribution in [0.5, 0.6) is 0 Å². The van der Waals surface area contributed by atoms with Crippen LogP contribution in [0.4, 0.5) is 0 Å². The minimum Gasteiger partial charge on any atom is -0.353 e. The Morgan fingerprint density at radius 1 is 1.30 bits per heavy atom. The van der Waals surface area contributed by atoms with Gasteiger partial charge in [-0.05, 0) is 38.3 Å². The van der Waals surface area contributed by atoms with E-state index in [9.17, 15) is 4.79 Å². The number of nitrogens with zero attached hydrogens (tertiary/aromatic N) is 2. The van der Waals surface area contributed by atoms with Gasteiger partial charge in [0.05, 0.1) is 11.4 Å².